The van der Waals surface area contributed by atoms with Gasteiger partial charge in [-0.1, -0.05) is 12.1 Å². The summed E-state index contributed by atoms with van der Waals surface area (Å²) in [6, 6.07) is 17.2. The minimum absolute atomic E-state index is 0.215. The molecule has 0 atom stereocenters. The van der Waals surface area contributed by atoms with E-state index in [1.807, 2.05) is 12.1 Å². The number of hydrogen-bond donors (Lipinski definition) is 3. The lowest BCUT2D eigenvalue weighted by atomic mass is 10.2. The minimum Gasteiger partial charge on any atom is -0.335 e. The lowest BCUT2D eigenvalue weighted by molar-refractivity contribution is -0.111. The van der Waals surface area contributed by atoms with Crippen molar-refractivity contribution < 1.29 is 14.0 Å². The van der Waals surface area contributed by atoms with E-state index in [0.717, 1.165) is 28.2 Å². The SMILES string of the molecule is O=C(/C=C/c1ccc(-c2ccc(F)cc2)s1)Nc1ccc(NC(=O)NC2CC2)cc1. The summed E-state index contributed by atoms with van der Waals surface area (Å²) in [6.07, 6.45) is 5.27. The maximum Gasteiger partial charge on any atom is 0.319 e. The maximum atomic E-state index is 13.0. The van der Waals surface area contributed by atoms with Crippen LogP contribution in [-0.4, -0.2) is 18.0 Å². The van der Waals surface area contributed by atoms with Crippen molar-refractivity contribution in [2.75, 3.05) is 10.6 Å². The number of carbonyl (C=O) groups excluding carboxylic acids is 2. The van der Waals surface area contributed by atoms with Crippen LogP contribution in [0.1, 0.15) is 17.7 Å². The molecule has 2 aromatic carbocycles. The van der Waals surface area contributed by atoms with Crippen LogP contribution in [0.15, 0.2) is 66.7 Å². The van der Waals surface area contributed by atoms with Gasteiger partial charge in [-0.2, -0.15) is 0 Å². The monoisotopic (exact) mass is 421 g/mol. The van der Waals surface area contributed by atoms with Crippen LogP contribution in [0.5, 0.6) is 0 Å². The summed E-state index contributed by atoms with van der Waals surface area (Å²) in [5.74, 6) is -0.517. The molecule has 1 fully saturated rings. The highest BCUT2D eigenvalue weighted by atomic mass is 32.1. The van der Waals surface area contributed by atoms with Crippen LogP contribution in [0.3, 0.4) is 0 Å². The Labute approximate surface area is 177 Å². The Bertz CT molecular complexity index is 1070. The van der Waals surface area contributed by atoms with Gasteiger partial charge in [0.1, 0.15) is 5.82 Å². The molecule has 0 radical (unpaired) electrons. The Morgan fingerprint density at radius 2 is 1.57 bits per heavy atom. The summed E-state index contributed by atoms with van der Waals surface area (Å²) in [4.78, 5) is 25.8. The Kier molecular flexibility index (Phi) is 5.90. The van der Waals surface area contributed by atoms with Crippen molar-refractivity contribution in [1.82, 2.24) is 5.32 Å². The molecule has 1 aliphatic rings. The predicted molar refractivity (Wildman–Crippen MR) is 119 cm³/mol. The number of anilines is 2. The number of amides is 3. The van der Waals surface area contributed by atoms with Gasteiger partial charge in [-0.15, -0.1) is 11.3 Å². The molecule has 0 bridgehead atoms. The summed E-state index contributed by atoms with van der Waals surface area (Å²) in [5, 5.41) is 8.40. The van der Waals surface area contributed by atoms with Crippen molar-refractivity contribution in [1.29, 1.82) is 0 Å². The summed E-state index contributed by atoms with van der Waals surface area (Å²) in [7, 11) is 0. The van der Waals surface area contributed by atoms with E-state index in [1.54, 1.807) is 42.5 Å². The molecule has 30 heavy (non-hydrogen) atoms. The maximum absolute atomic E-state index is 13.0. The highest BCUT2D eigenvalue weighted by molar-refractivity contribution is 7.16. The zero-order valence-electron chi connectivity index (χ0n) is 16.0. The first kappa shape index (κ1) is 19.8. The topological polar surface area (TPSA) is 70.2 Å². The van der Waals surface area contributed by atoms with E-state index in [-0.39, 0.29) is 17.8 Å². The van der Waals surface area contributed by atoms with Crippen LogP contribution in [0.4, 0.5) is 20.6 Å². The van der Waals surface area contributed by atoms with E-state index < -0.39 is 0 Å². The van der Waals surface area contributed by atoms with Crippen molar-refractivity contribution in [3.63, 3.8) is 0 Å². The van der Waals surface area contributed by atoms with Gasteiger partial charge >= 0.3 is 6.03 Å². The molecular formula is C23H20FN3O2S. The molecule has 1 aromatic heterocycles. The predicted octanol–water partition coefficient (Wildman–Crippen LogP) is 5.49. The third-order valence-electron chi connectivity index (χ3n) is 4.48. The Morgan fingerprint density at radius 3 is 2.23 bits per heavy atom. The first-order valence-electron chi connectivity index (χ1n) is 9.57. The second-order valence-corrected chi connectivity index (χ2v) is 8.10. The van der Waals surface area contributed by atoms with Gasteiger partial charge in [-0.05, 0) is 73.0 Å². The van der Waals surface area contributed by atoms with Gasteiger partial charge in [0.15, 0.2) is 0 Å². The molecule has 152 valence electrons. The van der Waals surface area contributed by atoms with Crippen LogP contribution in [0.2, 0.25) is 0 Å². The summed E-state index contributed by atoms with van der Waals surface area (Å²) in [5.41, 5.74) is 2.23. The van der Waals surface area contributed by atoms with Crippen molar-refractivity contribution in [2.24, 2.45) is 0 Å². The fourth-order valence-corrected chi connectivity index (χ4v) is 3.69. The molecule has 1 aliphatic carbocycles. The number of carbonyl (C=O) groups is 2. The van der Waals surface area contributed by atoms with Crippen molar-refractivity contribution in [2.45, 2.75) is 18.9 Å². The molecular weight excluding hydrogens is 401 g/mol. The zero-order valence-corrected chi connectivity index (χ0v) is 16.8. The van der Waals surface area contributed by atoms with E-state index in [2.05, 4.69) is 16.0 Å². The molecule has 5 nitrogen and oxygen atoms in total. The molecule has 0 unspecified atom stereocenters. The lowest BCUT2D eigenvalue weighted by Crippen LogP contribution is -2.30. The first-order valence-corrected chi connectivity index (χ1v) is 10.4. The number of halogens is 1. The zero-order chi connectivity index (χ0) is 20.9. The van der Waals surface area contributed by atoms with Gasteiger partial charge < -0.3 is 16.0 Å². The summed E-state index contributed by atoms with van der Waals surface area (Å²) in [6.45, 7) is 0. The number of urea groups is 1. The second kappa shape index (κ2) is 8.92. The van der Waals surface area contributed by atoms with Gasteiger partial charge in [0.25, 0.3) is 0 Å². The van der Waals surface area contributed by atoms with E-state index in [1.165, 1.54) is 29.5 Å². The van der Waals surface area contributed by atoms with E-state index >= 15 is 0 Å². The van der Waals surface area contributed by atoms with Crippen LogP contribution in [0, 0.1) is 5.82 Å². The molecule has 3 aromatic rings. The first-order chi connectivity index (χ1) is 14.5. The third kappa shape index (κ3) is 5.55. The summed E-state index contributed by atoms with van der Waals surface area (Å²) < 4.78 is 13.0. The van der Waals surface area contributed by atoms with Crippen LogP contribution in [0.25, 0.3) is 16.5 Å². The van der Waals surface area contributed by atoms with Gasteiger partial charge in [-0.3, -0.25) is 4.79 Å². The van der Waals surface area contributed by atoms with E-state index in [4.69, 9.17) is 0 Å². The molecule has 0 spiro atoms. The average Bonchev–Trinajstić information content (AvgIpc) is 3.41. The summed E-state index contributed by atoms with van der Waals surface area (Å²) >= 11 is 1.52. The minimum atomic E-state index is -0.266. The molecule has 3 N–H and O–H groups in total. The molecule has 1 heterocycles. The van der Waals surface area contributed by atoms with Crippen molar-refractivity contribution in [3.05, 3.63) is 77.4 Å². The molecule has 0 aliphatic heterocycles. The smallest absolute Gasteiger partial charge is 0.319 e. The Hall–Kier alpha value is -3.45. The lowest BCUT2D eigenvalue weighted by Gasteiger charge is -2.07. The van der Waals surface area contributed by atoms with Crippen molar-refractivity contribution in [3.8, 4) is 10.4 Å². The second-order valence-electron chi connectivity index (χ2n) is 6.98. The van der Waals surface area contributed by atoms with E-state index in [0.29, 0.717) is 17.4 Å². The standard InChI is InChI=1S/C23H20FN3O2S/c24-16-3-1-15(2-4-16)21-13-11-20(30-21)12-14-22(28)25-17-5-7-18(8-6-17)26-23(29)27-19-9-10-19/h1-8,11-14,19H,9-10H2,(H,25,28)(H2,26,27,29)/b14-12+. The normalized spacial score (nSPS) is 13.2. The molecule has 3 amide bonds. The average molecular weight is 421 g/mol. The highest BCUT2D eigenvalue weighted by Gasteiger charge is 2.23. The van der Waals surface area contributed by atoms with Crippen molar-refractivity contribution >= 4 is 40.7 Å². The number of rotatable bonds is 6. The van der Waals surface area contributed by atoms with Crippen LogP contribution >= 0.6 is 11.3 Å². The quantitative estimate of drug-likeness (QED) is 0.461. The van der Waals surface area contributed by atoms with Gasteiger partial charge in [0.05, 0.1) is 0 Å². The fourth-order valence-electron chi connectivity index (χ4n) is 2.77. The molecule has 1 saturated carbocycles. The van der Waals surface area contributed by atoms with Crippen LogP contribution < -0.4 is 16.0 Å². The molecule has 7 heteroatoms. The Balaban J connectivity index is 1.30. The van der Waals surface area contributed by atoms with Gasteiger partial charge in [0.2, 0.25) is 5.91 Å². The fraction of sp³-hybridized carbons (Fsp3) is 0.130. The largest absolute Gasteiger partial charge is 0.335 e. The Morgan fingerprint density at radius 1 is 0.900 bits per heavy atom. The van der Waals surface area contributed by atoms with Crippen LogP contribution in [-0.2, 0) is 4.79 Å². The van der Waals surface area contributed by atoms with Gasteiger partial charge in [-0.25, -0.2) is 9.18 Å². The third-order valence-corrected chi connectivity index (χ3v) is 5.58. The number of benzene rings is 2. The number of nitrogens with one attached hydrogen (secondary N) is 3. The molecule has 4 rings (SSSR count). The number of thiophene rings is 1. The highest BCUT2D eigenvalue weighted by Crippen LogP contribution is 2.29. The van der Waals surface area contributed by atoms with Gasteiger partial charge in [0, 0.05) is 33.2 Å². The number of hydrogen-bond acceptors (Lipinski definition) is 3. The molecule has 0 saturated heterocycles. The van der Waals surface area contributed by atoms with E-state index in [9.17, 15) is 14.0 Å².